The van der Waals surface area contributed by atoms with Gasteiger partial charge in [0.05, 0.1) is 4.90 Å². The second-order valence-corrected chi connectivity index (χ2v) is 6.90. The lowest BCUT2D eigenvalue weighted by atomic mass is 10.1. The van der Waals surface area contributed by atoms with Gasteiger partial charge < -0.3 is 10.1 Å². The van der Waals surface area contributed by atoms with Gasteiger partial charge in [0.25, 0.3) is 0 Å². The number of hydrogen-bond acceptors (Lipinski definition) is 4. The zero-order chi connectivity index (χ0) is 16.3. The lowest BCUT2D eigenvalue weighted by Crippen LogP contribution is -2.46. The summed E-state index contributed by atoms with van der Waals surface area (Å²) >= 11 is 0. The number of ether oxygens (including phenoxy) is 1. The van der Waals surface area contributed by atoms with Crippen LogP contribution in [0.1, 0.15) is 12.8 Å². The summed E-state index contributed by atoms with van der Waals surface area (Å²) in [5.74, 6) is -1.82. The molecule has 1 aromatic rings. The van der Waals surface area contributed by atoms with Gasteiger partial charge in [0.1, 0.15) is 0 Å². The van der Waals surface area contributed by atoms with Crippen LogP contribution in [0.4, 0.5) is 13.2 Å². The lowest BCUT2D eigenvalue weighted by molar-refractivity contribution is -0.0522. The number of nitrogens with one attached hydrogen (secondary N) is 1. The summed E-state index contributed by atoms with van der Waals surface area (Å²) in [6, 6.07) is 2.71. The van der Waals surface area contributed by atoms with Crippen molar-refractivity contribution in [2.24, 2.45) is 0 Å². The smallest absolute Gasteiger partial charge is 0.387 e. The molecule has 0 bridgehead atoms. The van der Waals surface area contributed by atoms with Gasteiger partial charge in [0, 0.05) is 19.1 Å². The maximum atomic E-state index is 13.7. The highest BCUT2D eigenvalue weighted by atomic mass is 35.5. The van der Waals surface area contributed by atoms with Crippen LogP contribution in [0, 0.1) is 5.82 Å². The van der Waals surface area contributed by atoms with Gasteiger partial charge in [-0.15, -0.1) is 12.4 Å². The summed E-state index contributed by atoms with van der Waals surface area (Å²) in [6.07, 6.45) is 1.55. The molecule has 1 N–H and O–H groups in total. The van der Waals surface area contributed by atoms with Crippen LogP contribution in [0.15, 0.2) is 23.1 Å². The van der Waals surface area contributed by atoms with E-state index in [9.17, 15) is 21.6 Å². The third-order valence-corrected chi connectivity index (χ3v) is 5.41. The Bertz CT molecular complexity index is 631. The Morgan fingerprint density at radius 1 is 1.39 bits per heavy atom. The first kappa shape index (κ1) is 20.0. The molecule has 0 spiro atoms. The topological polar surface area (TPSA) is 58.6 Å². The number of halogens is 4. The molecular formula is C13H18ClF3N2O3S. The largest absolute Gasteiger partial charge is 0.432 e. The first-order chi connectivity index (χ1) is 10.3. The van der Waals surface area contributed by atoms with E-state index in [0.29, 0.717) is 19.0 Å². The van der Waals surface area contributed by atoms with Crippen molar-refractivity contribution in [3.63, 3.8) is 0 Å². The van der Waals surface area contributed by atoms with Crippen molar-refractivity contribution < 1.29 is 26.3 Å². The number of likely N-dealkylation sites (N-methyl/N-ethyl adjacent to an activating group) is 1. The second kappa shape index (κ2) is 8.18. The summed E-state index contributed by atoms with van der Waals surface area (Å²) in [4.78, 5) is -0.275. The Kier molecular flexibility index (Phi) is 7.12. The maximum Gasteiger partial charge on any atom is 0.387 e. The first-order valence-corrected chi connectivity index (χ1v) is 8.20. The Morgan fingerprint density at radius 3 is 2.65 bits per heavy atom. The molecule has 1 heterocycles. The van der Waals surface area contributed by atoms with E-state index >= 15 is 0 Å². The van der Waals surface area contributed by atoms with E-state index in [4.69, 9.17) is 0 Å². The van der Waals surface area contributed by atoms with E-state index in [1.165, 1.54) is 4.31 Å². The van der Waals surface area contributed by atoms with E-state index in [-0.39, 0.29) is 29.9 Å². The standard InChI is InChI=1S/C13H17F3N2O3S.ClH/c1-17-9-3-2-6-18(8-9)22(19,20)10-4-5-12(11(14)7-10)21-13(15)16;/h4-5,7,9,13,17H,2-3,6,8H2,1H3;1H. The molecule has 0 amide bonds. The van der Waals surface area contributed by atoms with E-state index in [0.717, 1.165) is 18.6 Å². The normalized spacial score (nSPS) is 19.4. The number of alkyl halides is 2. The quantitative estimate of drug-likeness (QED) is 0.858. The van der Waals surface area contributed by atoms with Gasteiger partial charge >= 0.3 is 6.61 Å². The predicted molar refractivity (Wildman–Crippen MR) is 81.1 cm³/mol. The van der Waals surface area contributed by atoms with Crippen LogP contribution < -0.4 is 10.1 Å². The number of nitrogens with zero attached hydrogens (tertiary/aromatic N) is 1. The highest BCUT2D eigenvalue weighted by Crippen LogP contribution is 2.26. The van der Waals surface area contributed by atoms with Gasteiger partial charge in [-0.2, -0.15) is 13.1 Å². The Balaban J connectivity index is 0.00000264. The van der Waals surface area contributed by atoms with Crippen LogP contribution in [-0.2, 0) is 10.0 Å². The first-order valence-electron chi connectivity index (χ1n) is 6.76. The minimum absolute atomic E-state index is 0. The summed E-state index contributed by atoms with van der Waals surface area (Å²) in [5.41, 5.74) is 0. The molecule has 10 heteroatoms. The average Bonchev–Trinajstić information content (AvgIpc) is 2.49. The summed E-state index contributed by atoms with van der Waals surface area (Å²) in [5, 5.41) is 3.02. The lowest BCUT2D eigenvalue weighted by Gasteiger charge is -2.31. The van der Waals surface area contributed by atoms with Gasteiger partial charge in [-0.3, -0.25) is 0 Å². The Labute approximate surface area is 139 Å². The number of piperidine rings is 1. The van der Waals surface area contributed by atoms with Crippen LogP contribution in [0.3, 0.4) is 0 Å². The molecule has 0 aromatic heterocycles. The van der Waals surface area contributed by atoms with Crippen molar-refractivity contribution in [3.05, 3.63) is 24.0 Å². The van der Waals surface area contributed by atoms with Crippen LogP contribution in [0.2, 0.25) is 0 Å². The summed E-state index contributed by atoms with van der Waals surface area (Å²) < 4.78 is 68.1. The molecule has 0 aliphatic carbocycles. The molecule has 1 atom stereocenters. The SMILES string of the molecule is CNC1CCCN(S(=O)(=O)c2ccc(OC(F)F)c(F)c2)C1.Cl. The fraction of sp³-hybridized carbons (Fsp3) is 0.538. The molecular weight excluding hydrogens is 357 g/mol. The third kappa shape index (κ3) is 4.72. The van der Waals surface area contributed by atoms with Gasteiger partial charge in [0.2, 0.25) is 10.0 Å². The van der Waals surface area contributed by atoms with E-state index in [1.807, 2.05) is 0 Å². The molecule has 2 rings (SSSR count). The molecule has 1 aliphatic rings. The fourth-order valence-corrected chi connectivity index (χ4v) is 3.92. The summed E-state index contributed by atoms with van der Waals surface area (Å²) in [6.45, 7) is -2.54. The van der Waals surface area contributed by atoms with E-state index in [1.54, 1.807) is 7.05 Å². The number of sulfonamides is 1. The maximum absolute atomic E-state index is 13.7. The van der Waals surface area contributed by atoms with E-state index < -0.39 is 28.2 Å². The van der Waals surface area contributed by atoms with Crippen molar-refractivity contribution in [2.75, 3.05) is 20.1 Å². The number of benzene rings is 1. The van der Waals surface area contributed by atoms with Gasteiger partial charge in [0.15, 0.2) is 11.6 Å². The average molecular weight is 375 g/mol. The summed E-state index contributed by atoms with van der Waals surface area (Å²) in [7, 11) is -2.12. The predicted octanol–water partition coefficient (Wildman–Crippen LogP) is 2.22. The molecule has 5 nitrogen and oxygen atoms in total. The monoisotopic (exact) mass is 374 g/mol. The minimum atomic E-state index is -3.86. The molecule has 1 aliphatic heterocycles. The van der Waals surface area contributed by atoms with Crippen molar-refractivity contribution >= 4 is 22.4 Å². The highest BCUT2D eigenvalue weighted by molar-refractivity contribution is 7.89. The number of hydrogen-bond donors (Lipinski definition) is 1. The van der Waals surface area contributed by atoms with Crippen molar-refractivity contribution in [1.82, 2.24) is 9.62 Å². The van der Waals surface area contributed by atoms with Gasteiger partial charge in [-0.05, 0) is 38.1 Å². The fourth-order valence-electron chi connectivity index (χ4n) is 2.38. The molecule has 1 fully saturated rings. The second-order valence-electron chi connectivity index (χ2n) is 4.96. The van der Waals surface area contributed by atoms with Crippen LogP contribution in [0.25, 0.3) is 0 Å². The van der Waals surface area contributed by atoms with Crippen molar-refractivity contribution in [1.29, 1.82) is 0 Å². The highest BCUT2D eigenvalue weighted by Gasteiger charge is 2.30. The molecule has 1 saturated heterocycles. The molecule has 132 valence electrons. The van der Waals surface area contributed by atoms with Crippen LogP contribution in [0.5, 0.6) is 5.75 Å². The molecule has 0 radical (unpaired) electrons. The molecule has 1 unspecified atom stereocenters. The van der Waals surface area contributed by atoms with Crippen molar-refractivity contribution in [2.45, 2.75) is 30.4 Å². The van der Waals surface area contributed by atoms with E-state index in [2.05, 4.69) is 10.1 Å². The Morgan fingerprint density at radius 2 is 2.09 bits per heavy atom. The van der Waals surface area contributed by atoms with Crippen LogP contribution >= 0.6 is 12.4 Å². The zero-order valence-corrected chi connectivity index (χ0v) is 14.0. The van der Waals surface area contributed by atoms with Crippen LogP contribution in [-0.4, -0.2) is 45.5 Å². The molecule has 23 heavy (non-hydrogen) atoms. The number of rotatable bonds is 5. The van der Waals surface area contributed by atoms with Gasteiger partial charge in [-0.1, -0.05) is 0 Å². The molecule has 1 aromatic carbocycles. The zero-order valence-electron chi connectivity index (χ0n) is 12.3. The third-order valence-electron chi connectivity index (χ3n) is 3.55. The Hall–Kier alpha value is -1.03. The molecule has 0 saturated carbocycles. The minimum Gasteiger partial charge on any atom is -0.432 e. The van der Waals surface area contributed by atoms with Crippen molar-refractivity contribution in [3.8, 4) is 5.75 Å². The van der Waals surface area contributed by atoms with Gasteiger partial charge in [-0.25, -0.2) is 12.8 Å².